The van der Waals surface area contributed by atoms with E-state index in [1.54, 1.807) is 18.2 Å². The second-order valence-corrected chi connectivity index (χ2v) is 6.28. The fraction of sp³-hybridized carbons (Fsp3) is 0.143. The molecular weight excluding hydrogens is 338 g/mol. The van der Waals surface area contributed by atoms with E-state index in [2.05, 4.69) is 27.3 Å². The lowest BCUT2D eigenvalue weighted by Gasteiger charge is -2.07. The van der Waals surface area contributed by atoms with E-state index < -0.39 is 0 Å². The lowest BCUT2D eigenvalue weighted by Crippen LogP contribution is -2.13. The number of nitrogens with two attached hydrogens (primary N) is 1. The standard InChI is InChI=1S/C14H12BrN3OS/c1-7-8(2)20-14(10(7)6-16)18-13(19)9-4-3-5-11(17)12(9)15/h3-5H,17H2,1-2H3,(H,18,19). The number of carbonyl (C=O) groups excluding carboxylic acids is 1. The molecule has 4 nitrogen and oxygen atoms in total. The van der Waals surface area contributed by atoms with Crippen molar-refractivity contribution in [2.45, 2.75) is 13.8 Å². The highest BCUT2D eigenvalue weighted by Crippen LogP contribution is 2.32. The maximum absolute atomic E-state index is 12.3. The van der Waals surface area contributed by atoms with E-state index in [0.29, 0.717) is 26.3 Å². The van der Waals surface area contributed by atoms with Crippen molar-refractivity contribution in [2.75, 3.05) is 11.1 Å². The first-order chi connectivity index (χ1) is 9.45. The number of amides is 1. The number of nitrogens with one attached hydrogen (secondary N) is 1. The molecule has 2 aromatic rings. The summed E-state index contributed by atoms with van der Waals surface area (Å²) in [6.07, 6.45) is 0. The molecule has 2 rings (SSSR count). The number of halogens is 1. The van der Waals surface area contributed by atoms with E-state index in [4.69, 9.17) is 5.73 Å². The van der Waals surface area contributed by atoms with Gasteiger partial charge in [-0.2, -0.15) is 5.26 Å². The molecule has 3 N–H and O–H groups in total. The number of nitriles is 1. The van der Waals surface area contributed by atoms with E-state index in [-0.39, 0.29) is 5.91 Å². The van der Waals surface area contributed by atoms with Crippen LogP contribution in [-0.2, 0) is 0 Å². The summed E-state index contributed by atoms with van der Waals surface area (Å²) >= 11 is 4.70. The highest BCUT2D eigenvalue weighted by Gasteiger charge is 2.17. The van der Waals surface area contributed by atoms with Crippen molar-refractivity contribution in [3.63, 3.8) is 0 Å². The summed E-state index contributed by atoms with van der Waals surface area (Å²) in [5.41, 5.74) is 8.12. The van der Waals surface area contributed by atoms with Crippen molar-refractivity contribution in [1.29, 1.82) is 5.26 Å². The van der Waals surface area contributed by atoms with Crippen LogP contribution in [0.4, 0.5) is 10.7 Å². The van der Waals surface area contributed by atoms with Gasteiger partial charge in [-0.1, -0.05) is 6.07 Å². The summed E-state index contributed by atoms with van der Waals surface area (Å²) in [5.74, 6) is -0.290. The summed E-state index contributed by atoms with van der Waals surface area (Å²) in [4.78, 5) is 13.3. The molecule has 102 valence electrons. The van der Waals surface area contributed by atoms with Crippen LogP contribution in [0.1, 0.15) is 26.4 Å². The van der Waals surface area contributed by atoms with Crippen LogP contribution < -0.4 is 11.1 Å². The molecule has 0 radical (unpaired) electrons. The Balaban J connectivity index is 2.36. The Morgan fingerprint density at radius 1 is 1.45 bits per heavy atom. The van der Waals surface area contributed by atoms with Gasteiger partial charge in [0.05, 0.1) is 15.6 Å². The molecule has 0 aliphatic carbocycles. The Bertz CT molecular complexity index is 731. The summed E-state index contributed by atoms with van der Waals surface area (Å²) < 4.78 is 0.556. The van der Waals surface area contributed by atoms with Gasteiger partial charge in [-0.3, -0.25) is 4.79 Å². The second-order valence-electron chi connectivity index (χ2n) is 4.26. The van der Waals surface area contributed by atoms with Gasteiger partial charge in [0.25, 0.3) is 5.91 Å². The molecule has 0 spiro atoms. The molecule has 0 saturated heterocycles. The van der Waals surface area contributed by atoms with E-state index >= 15 is 0 Å². The van der Waals surface area contributed by atoms with Crippen molar-refractivity contribution in [1.82, 2.24) is 0 Å². The Kier molecular flexibility index (Phi) is 4.12. The molecule has 6 heteroatoms. The zero-order valence-electron chi connectivity index (χ0n) is 11.0. The van der Waals surface area contributed by atoms with Crippen LogP contribution in [0, 0.1) is 25.2 Å². The molecule has 1 aromatic carbocycles. The van der Waals surface area contributed by atoms with Crippen molar-refractivity contribution in [3.8, 4) is 6.07 Å². The van der Waals surface area contributed by atoms with Gasteiger partial charge in [-0.05, 0) is 47.5 Å². The summed E-state index contributed by atoms with van der Waals surface area (Å²) in [5, 5.41) is 12.5. The van der Waals surface area contributed by atoms with E-state index in [1.807, 2.05) is 13.8 Å². The summed E-state index contributed by atoms with van der Waals surface area (Å²) in [6.45, 7) is 3.80. The van der Waals surface area contributed by atoms with Crippen molar-refractivity contribution < 1.29 is 4.79 Å². The van der Waals surface area contributed by atoms with Gasteiger partial charge in [-0.25, -0.2) is 0 Å². The monoisotopic (exact) mass is 349 g/mol. The Morgan fingerprint density at radius 2 is 2.15 bits per heavy atom. The smallest absolute Gasteiger partial charge is 0.257 e. The first-order valence-electron chi connectivity index (χ1n) is 5.81. The van der Waals surface area contributed by atoms with E-state index in [9.17, 15) is 10.1 Å². The highest BCUT2D eigenvalue weighted by molar-refractivity contribution is 9.10. The fourth-order valence-corrected chi connectivity index (χ4v) is 3.20. The van der Waals surface area contributed by atoms with Gasteiger partial charge in [0.2, 0.25) is 0 Å². The largest absolute Gasteiger partial charge is 0.398 e. The fourth-order valence-electron chi connectivity index (χ4n) is 1.75. The predicted octanol–water partition coefficient (Wildman–Crippen LogP) is 3.83. The third-order valence-corrected chi connectivity index (χ3v) is 5.01. The quantitative estimate of drug-likeness (QED) is 0.808. The number of hydrogen-bond acceptors (Lipinski definition) is 4. The number of aryl methyl sites for hydroxylation is 1. The Hall–Kier alpha value is -1.84. The molecular formula is C14H12BrN3OS. The lowest BCUT2D eigenvalue weighted by atomic mass is 10.1. The van der Waals surface area contributed by atoms with Crippen LogP contribution in [0.15, 0.2) is 22.7 Å². The van der Waals surface area contributed by atoms with Crippen molar-refractivity contribution in [3.05, 3.63) is 44.2 Å². The molecule has 0 saturated carbocycles. The SMILES string of the molecule is Cc1sc(NC(=O)c2cccc(N)c2Br)c(C#N)c1C. The second kappa shape index (κ2) is 5.65. The lowest BCUT2D eigenvalue weighted by molar-refractivity contribution is 0.102. The average Bonchev–Trinajstić information content (AvgIpc) is 2.67. The minimum Gasteiger partial charge on any atom is -0.398 e. The number of hydrogen-bond donors (Lipinski definition) is 2. The van der Waals surface area contributed by atoms with Crippen LogP contribution in [-0.4, -0.2) is 5.91 Å². The van der Waals surface area contributed by atoms with Gasteiger partial charge in [-0.15, -0.1) is 11.3 Å². The van der Waals surface area contributed by atoms with Gasteiger partial charge in [0, 0.05) is 10.6 Å². The molecule has 0 atom stereocenters. The molecule has 1 heterocycles. The molecule has 20 heavy (non-hydrogen) atoms. The van der Waals surface area contributed by atoms with Crippen molar-refractivity contribution in [2.24, 2.45) is 0 Å². The first kappa shape index (κ1) is 14.6. The normalized spacial score (nSPS) is 10.1. The van der Waals surface area contributed by atoms with Crippen molar-refractivity contribution >= 4 is 43.9 Å². The van der Waals surface area contributed by atoms with Gasteiger partial charge >= 0.3 is 0 Å². The van der Waals surface area contributed by atoms with E-state index in [0.717, 1.165) is 10.4 Å². The zero-order valence-corrected chi connectivity index (χ0v) is 13.4. The third-order valence-electron chi connectivity index (χ3n) is 3.00. The van der Waals surface area contributed by atoms with Crippen LogP contribution in [0.3, 0.4) is 0 Å². The topological polar surface area (TPSA) is 78.9 Å². The van der Waals surface area contributed by atoms with Crippen LogP contribution in [0.5, 0.6) is 0 Å². The maximum atomic E-state index is 12.3. The number of nitrogen functional groups attached to an aromatic ring is 1. The predicted molar refractivity (Wildman–Crippen MR) is 85.0 cm³/mol. The average molecular weight is 350 g/mol. The molecule has 0 fully saturated rings. The number of anilines is 2. The zero-order chi connectivity index (χ0) is 14.9. The Morgan fingerprint density at radius 3 is 2.80 bits per heavy atom. The van der Waals surface area contributed by atoms with E-state index in [1.165, 1.54) is 11.3 Å². The summed E-state index contributed by atoms with van der Waals surface area (Å²) in [7, 11) is 0. The minimum atomic E-state index is -0.290. The highest BCUT2D eigenvalue weighted by atomic mass is 79.9. The number of carbonyl (C=O) groups is 1. The minimum absolute atomic E-state index is 0.290. The first-order valence-corrected chi connectivity index (χ1v) is 7.42. The van der Waals surface area contributed by atoms with Gasteiger partial charge in [0.15, 0.2) is 0 Å². The molecule has 0 bridgehead atoms. The van der Waals surface area contributed by atoms with Crippen LogP contribution in [0.2, 0.25) is 0 Å². The molecule has 0 aliphatic rings. The number of thiophene rings is 1. The van der Waals surface area contributed by atoms with Gasteiger partial charge in [0.1, 0.15) is 11.1 Å². The molecule has 0 aliphatic heterocycles. The number of rotatable bonds is 2. The van der Waals surface area contributed by atoms with Crippen LogP contribution in [0.25, 0.3) is 0 Å². The summed E-state index contributed by atoms with van der Waals surface area (Å²) in [6, 6.07) is 7.23. The Labute approximate surface area is 129 Å². The maximum Gasteiger partial charge on any atom is 0.257 e. The third kappa shape index (κ3) is 2.55. The molecule has 1 aromatic heterocycles. The molecule has 0 unspecified atom stereocenters. The van der Waals surface area contributed by atoms with Crippen LogP contribution >= 0.6 is 27.3 Å². The number of nitrogens with zero attached hydrogens (tertiary/aromatic N) is 1. The molecule has 1 amide bonds. The van der Waals surface area contributed by atoms with Gasteiger partial charge < -0.3 is 11.1 Å². The number of benzene rings is 1.